The molecule has 0 aliphatic heterocycles. The molecule has 0 amide bonds. The van der Waals surface area contributed by atoms with Crippen molar-refractivity contribution in [1.82, 2.24) is 4.98 Å². The zero-order chi connectivity index (χ0) is 13.1. The zero-order valence-electron chi connectivity index (χ0n) is 11.4. The number of pyridine rings is 1. The van der Waals surface area contributed by atoms with Crippen LogP contribution in [0.25, 0.3) is 21.8 Å². The van der Waals surface area contributed by atoms with Crippen LogP contribution in [0.1, 0.15) is 31.7 Å². The zero-order valence-corrected chi connectivity index (χ0v) is 11.4. The van der Waals surface area contributed by atoms with Gasteiger partial charge in [0.15, 0.2) is 0 Å². The summed E-state index contributed by atoms with van der Waals surface area (Å²) in [4.78, 5) is 4.77. The number of hydrogen-bond donors (Lipinski definition) is 0. The molecule has 0 aliphatic rings. The number of nitrogens with zero attached hydrogens (tertiary/aromatic N) is 1. The molecule has 0 saturated heterocycles. The minimum Gasteiger partial charge on any atom is -0.248 e. The molecule has 3 aromatic rings. The van der Waals surface area contributed by atoms with Gasteiger partial charge in [-0.3, -0.25) is 0 Å². The van der Waals surface area contributed by atoms with Gasteiger partial charge in [0.25, 0.3) is 0 Å². The molecule has 2 aromatic carbocycles. The summed E-state index contributed by atoms with van der Waals surface area (Å²) in [6, 6.07) is 17.1. The number of aryl methyl sites for hydroxylation is 1. The van der Waals surface area contributed by atoms with E-state index in [0.717, 1.165) is 17.5 Å². The molecule has 1 heteroatoms. The van der Waals surface area contributed by atoms with Crippen molar-refractivity contribution < 1.29 is 0 Å². The monoisotopic (exact) mass is 249 g/mol. The van der Waals surface area contributed by atoms with Crippen molar-refractivity contribution in [3.8, 4) is 0 Å². The molecule has 0 fully saturated rings. The quantitative estimate of drug-likeness (QED) is 0.462. The summed E-state index contributed by atoms with van der Waals surface area (Å²) in [5.74, 6) is 0. The topological polar surface area (TPSA) is 12.9 Å². The van der Waals surface area contributed by atoms with Gasteiger partial charge in [-0.1, -0.05) is 50.1 Å². The van der Waals surface area contributed by atoms with Crippen LogP contribution in [0.2, 0.25) is 0 Å². The largest absolute Gasteiger partial charge is 0.248 e. The second-order valence-electron chi connectivity index (χ2n) is 5.12. The molecular formula is C18H19N. The van der Waals surface area contributed by atoms with Gasteiger partial charge in [-0.2, -0.15) is 0 Å². The fraction of sp³-hybridized carbons (Fsp3) is 0.278. The van der Waals surface area contributed by atoms with E-state index in [2.05, 4.69) is 49.4 Å². The van der Waals surface area contributed by atoms with Gasteiger partial charge in [0.05, 0.1) is 11.0 Å². The van der Waals surface area contributed by atoms with Gasteiger partial charge < -0.3 is 0 Å². The Bertz CT molecular complexity index is 700. The predicted molar refractivity (Wildman–Crippen MR) is 82.5 cm³/mol. The van der Waals surface area contributed by atoms with Crippen LogP contribution in [0.4, 0.5) is 0 Å². The summed E-state index contributed by atoms with van der Waals surface area (Å²) < 4.78 is 0. The first-order valence-electron chi connectivity index (χ1n) is 7.16. The van der Waals surface area contributed by atoms with E-state index in [1.807, 2.05) is 6.07 Å². The fourth-order valence-corrected chi connectivity index (χ4v) is 2.64. The van der Waals surface area contributed by atoms with E-state index in [1.54, 1.807) is 0 Å². The Kier molecular flexibility index (Phi) is 3.45. The lowest BCUT2D eigenvalue weighted by molar-refractivity contribution is 0.719. The van der Waals surface area contributed by atoms with Crippen LogP contribution in [0, 0.1) is 0 Å². The van der Waals surface area contributed by atoms with Crippen molar-refractivity contribution >= 4 is 21.8 Å². The van der Waals surface area contributed by atoms with Gasteiger partial charge in [-0.15, -0.1) is 0 Å². The van der Waals surface area contributed by atoms with Crippen LogP contribution < -0.4 is 0 Å². The Balaban J connectivity index is 2.09. The molecule has 1 heterocycles. The molecule has 0 aliphatic carbocycles. The van der Waals surface area contributed by atoms with E-state index < -0.39 is 0 Å². The molecule has 1 aromatic heterocycles. The summed E-state index contributed by atoms with van der Waals surface area (Å²) in [5, 5.41) is 2.55. The highest BCUT2D eigenvalue weighted by molar-refractivity contribution is 5.94. The van der Waals surface area contributed by atoms with Crippen LogP contribution in [0.15, 0.2) is 48.5 Å². The summed E-state index contributed by atoms with van der Waals surface area (Å²) in [6.45, 7) is 2.25. The maximum atomic E-state index is 4.77. The molecule has 19 heavy (non-hydrogen) atoms. The Morgan fingerprint density at radius 2 is 1.74 bits per heavy atom. The minimum atomic E-state index is 1.08. The summed E-state index contributed by atoms with van der Waals surface area (Å²) in [7, 11) is 0. The number of para-hydroxylation sites is 1. The smallest absolute Gasteiger partial charge is 0.0712 e. The average molecular weight is 249 g/mol. The lowest BCUT2D eigenvalue weighted by atomic mass is 10.0. The van der Waals surface area contributed by atoms with Crippen molar-refractivity contribution in [3.05, 3.63) is 54.1 Å². The van der Waals surface area contributed by atoms with Crippen LogP contribution in [-0.2, 0) is 6.42 Å². The SMILES string of the molecule is CCCCCc1cccc2nc3ccccc3cc12. The molecule has 0 radical (unpaired) electrons. The summed E-state index contributed by atoms with van der Waals surface area (Å²) in [6.07, 6.45) is 5.00. The van der Waals surface area contributed by atoms with Gasteiger partial charge in [0.2, 0.25) is 0 Å². The Morgan fingerprint density at radius 3 is 2.63 bits per heavy atom. The van der Waals surface area contributed by atoms with Crippen LogP contribution in [0.3, 0.4) is 0 Å². The molecular weight excluding hydrogens is 230 g/mol. The van der Waals surface area contributed by atoms with E-state index in [4.69, 9.17) is 4.98 Å². The van der Waals surface area contributed by atoms with Gasteiger partial charge in [0.1, 0.15) is 0 Å². The number of fused-ring (bicyclic) bond motifs is 2. The molecule has 0 bridgehead atoms. The van der Waals surface area contributed by atoms with Crippen LogP contribution >= 0.6 is 0 Å². The maximum absolute atomic E-state index is 4.77. The first kappa shape index (κ1) is 12.2. The standard InChI is InChI=1S/C18H19N/c1-2-3-4-8-14-10-7-12-18-16(14)13-15-9-5-6-11-17(15)19-18/h5-7,9-13H,2-4,8H2,1H3. The molecule has 96 valence electrons. The van der Waals surface area contributed by atoms with Crippen molar-refractivity contribution in [3.63, 3.8) is 0 Å². The van der Waals surface area contributed by atoms with E-state index in [9.17, 15) is 0 Å². The van der Waals surface area contributed by atoms with Crippen LogP contribution in [-0.4, -0.2) is 4.98 Å². The van der Waals surface area contributed by atoms with Gasteiger partial charge in [-0.25, -0.2) is 4.98 Å². The highest BCUT2D eigenvalue weighted by Gasteiger charge is 2.04. The van der Waals surface area contributed by atoms with Gasteiger partial charge >= 0.3 is 0 Å². The molecule has 0 unspecified atom stereocenters. The van der Waals surface area contributed by atoms with Gasteiger partial charge in [0, 0.05) is 10.8 Å². The molecule has 0 atom stereocenters. The van der Waals surface area contributed by atoms with E-state index in [1.165, 1.54) is 35.6 Å². The predicted octanol–water partition coefficient (Wildman–Crippen LogP) is 5.12. The van der Waals surface area contributed by atoms with E-state index in [-0.39, 0.29) is 0 Å². The van der Waals surface area contributed by atoms with Crippen molar-refractivity contribution in [2.45, 2.75) is 32.6 Å². The molecule has 0 N–H and O–H groups in total. The summed E-state index contributed by atoms with van der Waals surface area (Å²) in [5.41, 5.74) is 3.64. The summed E-state index contributed by atoms with van der Waals surface area (Å²) >= 11 is 0. The number of hydrogen-bond acceptors (Lipinski definition) is 1. The third-order valence-electron chi connectivity index (χ3n) is 3.70. The lowest BCUT2D eigenvalue weighted by Gasteiger charge is -2.07. The molecule has 0 saturated carbocycles. The van der Waals surface area contributed by atoms with E-state index >= 15 is 0 Å². The van der Waals surface area contributed by atoms with Crippen molar-refractivity contribution in [2.75, 3.05) is 0 Å². The Hall–Kier alpha value is -1.89. The first-order valence-corrected chi connectivity index (χ1v) is 7.16. The Morgan fingerprint density at radius 1 is 0.895 bits per heavy atom. The van der Waals surface area contributed by atoms with Gasteiger partial charge in [-0.05, 0) is 36.6 Å². The molecule has 0 spiro atoms. The molecule has 3 rings (SSSR count). The highest BCUT2D eigenvalue weighted by atomic mass is 14.7. The first-order chi connectivity index (χ1) is 9.38. The average Bonchev–Trinajstić information content (AvgIpc) is 2.46. The number of unbranched alkanes of at least 4 members (excludes halogenated alkanes) is 2. The third kappa shape index (κ3) is 2.46. The third-order valence-corrected chi connectivity index (χ3v) is 3.70. The Labute approximate surface area is 114 Å². The minimum absolute atomic E-state index is 1.08. The number of benzene rings is 2. The highest BCUT2D eigenvalue weighted by Crippen LogP contribution is 2.23. The maximum Gasteiger partial charge on any atom is 0.0712 e. The second kappa shape index (κ2) is 5.40. The van der Waals surface area contributed by atoms with Crippen molar-refractivity contribution in [1.29, 1.82) is 0 Å². The number of rotatable bonds is 4. The second-order valence-corrected chi connectivity index (χ2v) is 5.12. The fourth-order valence-electron chi connectivity index (χ4n) is 2.64. The lowest BCUT2D eigenvalue weighted by Crippen LogP contribution is -1.90. The van der Waals surface area contributed by atoms with E-state index in [0.29, 0.717) is 0 Å². The van der Waals surface area contributed by atoms with Crippen LogP contribution in [0.5, 0.6) is 0 Å². The molecule has 1 nitrogen and oxygen atoms in total. The number of aromatic nitrogens is 1. The van der Waals surface area contributed by atoms with Crippen molar-refractivity contribution in [2.24, 2.45) is 0 Å². The normalized spacial score (nSPS) is 11.2.